The van der Waals surface area contributed by atoms with Crippen molar-refractivity contribution in [2.24, 2.45) is 11.8 Å². The standard InChI is InChI=1S/C11H19NO2/c1-12-7-6-9(8-2-3-8)4-5-10(12)11(13)14/h8-10H,2-7H2,1H3,(H,13,14). The lowest BCUT2D eigenvalue weighted by atomic mass is 9.94. The van der Waals surface area contributed by atoms with Crippen molar-refractivity contribution in [1.29, 1.82) is 0 Å². The van der Waals surface area contributed by atoms with Crippen molar-refractivity contribution in [2.45, 2.75) is 38.1 Å². The zero-order chi connectivity index (χ0) is 10.1. The number of likely N-dealkylation sites (N-methyl/N-ethyl adjacent to an activating group) is 1. The average molecular weight is 197 g/mol. The monoisotopic (exact) mass is 197 g/mol. The van der Waals surface area contributed by atoms with E-state index in [2.05, 4.69) is 0 Å². The Morgan fingerprint density at radius 2 is 1.71 bits per heavy atom. The molecule has 1 heterocycles. The van der Waals surface area contributed by atoms with Crippen molar-refractivity contribution in [3.05, 3.63) is 0 Å². The molecule has 2 atom stereocenters. The molecule has 1 aliphatic carbocycles. The Bertz CT molecular complexity index is 225. The summed E-state index contributed by atoms with van der Waals surface area (Å²) in [5.74, 6) is 1.08. The summed E-state index contributed by atoms with van der Waals surface area (Å²) in [6.07, 6.45) is 5.92. The molecule has 0 aromatic heterocycles. The van der Waals surface area contributed by atoms with Crippen LogP contribution in [0.1, 0.15) is 32.1 Å². The summed E-state index contributed by atoms with van der Waals surface area (Å²) in [6.45, 7) is 0.956. The van der Waals surface area contributed by atoms with Crippen LogP contribution in [-0.4, -0.2) is 35.6 Å². The molecule has 0 bridgehead atoms. The molecule has 3 heteroatoms. The highest BCUT2D eigenvalue weighted by molar-refractivity contribution is 5.73. The third-order valence-electron chi connectivity index (χ3n) is 3.77. The first-order valence-corrected chi connectivity index (χ1v) is 5.61. The number of carboxylic acids is 1. The number of aliphatic carboxylic acids is 1. The number of likely N-dealkylation sites (tertiary alicyclic amines) is 1. The lowest BCUT2D eigenvalue weighted by molar-refractivity contribution is -0.142. The molecular formula is C11H19NO2. The van der Waals surface area contributed by atoms with Crippen molar-refractivity contribution < 1.29 is 9.90 Å². The van der Waals surface area contributed by atoms with Gasteiger partial charge in [0, 0.05) is 0 Å². The van der Waals surface area contributed by atoms with E-state index in [9.17, 15) is 4.79 Å². The summed E-state index contributed by atoms with van der Waals surface area (Å²) in [5, 5.41) is 9.03. The molecule has 0 aromatic rings. The van der Waals surface area contributed by atoms with Gasteiger partial charge < -0.3 is 5.11 Å². The fraction of sp³-hybridized carbons (Fsp3) is 0.909. The number of hydrogen-bond acceptors (Lipinski definition) is 2. The van der Waals surface area contributed by atoms with Crippen LogP contribution >= 0.6 is 0 Å². The molecule has 2 rings (SSSR count). The molecule has 1 saturated carbocycles. The van der Waals surface area contributed by atoms with Gasteiger partial charge in [-0.15, -0.1) is 0 Å². The largest absolute Gasteiger partial charge is 0.480 e. The summed E-state index contributed by atoms with van der Waals surface area (Å²) in [6, 6.07) is -0.237. The maximum absolute atomic E-state index is 11.0. The van der Waals surface area contributed by atoms with Gasteiger partial charge in [0.1, 0.15) is 6.04 Å². The predicted molar refractivity (Wildman–Crippen MR) is 54.1 cm³/mol. The number of rotatable bonds is 2. The minimum Gasteiger partial charge on any atom is -0.480 e. The predicted octanol–water partition coefficient (Wildman–Crippen LogP) is 1.58. The van der Waals surface area contributed by atoms with E-state index in [4.69, 9.17) is 5.11 Å². The van der Waals surface area contributed by atoms with E-state index in [-0.39, 0.29) is 6.04 Å². The molecule has 2 fully saturated rings. The van der Waals surface area contributed by atoms with Crippen molar-refractivity contribution in [2.75, 3.05) is 13.6 Å². The van der Waals surface area contributed by atoms with Crippen LogP contribution in [-0.2, 0) is 4.79 Å². The number of hydrogen-bond donors (Lipinski definition) is 1. The topological polar surface area (TPSA) is 40.5 Å². The molecule has 0 amide bonds. The van der Waals surface area contributed by atoms with E-state index in [1.807, 2.05) is 11.9 Å². The molecule has 14 heavy (non-hydrogen) atoms. The van der Waals surface area contributed by atoms with Crippen LogP contribution < -0.4 is 0 Å². The van der Waals surface area contributed by atoms with Crippen LogP contribution in [0.3, 0.4) is 0 Å². The molecule has 3 nitrogen and oxygen atoms in total. The second-order valence-electron chi connectivity index (χ2n) is 4.80. The summed E-state index contributed by atoms with van der Waals surface area (Å²) in [5.41, 5.74) is 0. The lowest BCUT2D eigenvalue weighted by Gasteiger charge is -2.20. The highest BCUT2D eigenvalue weighted by Gasteiger charge is 2.35. The molecule has 80 valence electrons. The van der Waals surface area contributed by atoms with Crippen molar-refractivity contribution in [3.8, 4) is 0 Å². The van der Waals surface area contributed by atoms with Gasteiger partial charge in [0.25, 0.3) is 0 Å². The highest BCUT2D eigenvalue weighted by atomic mass is 16.4. The van der Waals surface area contributed by atoms with E-state index in [1.165, 1.54) is 19.3 Å². The van der Waals surface area contributed by atoms with Crippen molar-refractivity contribution in [3.63, 3.8) is 0 Å². The average Bonchev–Trinajstić information content (AvgIpc) is 2.89. The van der Waals surface area contributed by atoms with E-state index >= 15 is 0 Å². The molecule has 2 unspecified atom stereocenters. The van der Waals surface area contributed by atoms with Gasteiger partial charge in [0.05, 0.1) is 0 Å². The first-order valence-electron chi connectivity index (χ1n) is 5.61. The Labute approximate surface area is 85.1 Å². The molecule has 0 spiro atoms. The molecule has 2 aliphatic rings. The lowest BCUT2D eigenvalue weighted by Crippen LogP contribution is -2.37. The minimum absolute atomic E-state index is 0.237. The van der Waals surface area contributed by atoms with Gasteiger partial charge in [-0.25, -0.2) is 0 Å². The van der Waals surface area contributed by atoms with Gasteiger partial charge in [0.2, 0.25) is 0 Å². The van der Waals surface area contributed by atoms with Gasteiger partial charge in [0.15, 0.2) is 0 Å². The normalized spacial score (nSPS) is 35.2. The first kappa shape index (κ1) is 9.97. The molecular weight excluding hydrogens is 178 g/mol. The Balaban J connectivity index is 1.94. The van der Waals surface area contributed by atoms with Gasteiger partial charge in [-0.1, -0.05) is 0 Å². The second-order valence-corrected chi connectivity index (χ2v) is 4.80. The maximum atomic E-state index is 11.0. The van der Waals surface area contributed by atoms with Crippen LogP contribution in [0.2, 0.25) is 0 Å². The zero-order valence-electron chi connectivity index (χ0n) is 8.78. The van der Waals surface area contributed by atoms with Crippen LogP contribution in [0.15, 0.2) is 0 Å². The van der Waals surface area contributed by atoms with Crippen LogP contribution in [0.25, 0.3) is 0 Å². The fourth-order valence-electron chi connectivity index (χ4n) is 2.61. The van der Waals surface area contributed by atoms with Crippen molar-refractivity contribution in [1.82, 2.24) is 4.90 Å². The first-order chi connectivity index (χ1) is 6.68. The Morgan fingerprint density at radius 3 is 2.29 bits per heavy atom. The minimum atomic E-state index is -0.649. The van der Waals surface area contributed by atoms with Crippen LogP contribution in [0, 0.1) is 11.8 Å². The third kappa shape index (κ3) is 2.08. The molecule has 1 N–H and O–H groups in total. The van der Waals surface area contributed by atoms with Gasteiger partial charge in [-0.05, 0) is 57.5 Å². The molecule has 0 aromatic carbocycles. The van der Waals surface area contributed by atoms with Gasteiger partial charge >= 0.3 is 5.97 Å². The summed E-state index contributed by atoms with van der Waals surface area (Å²) < 4.78 is 0. The van der Waals surface area contributed by atoms with E-state index < -0.39 is 5.97 Å². The van der Waals surface area contributed by atoms with E-state index in [0.717, 1.165) is 31.2 Å². The summed E-state index contributed by atoms with van der Waals surface area (Å²) >= 11 is 0. The number of carboxylic acid groups (broad SMARTS) is 1. The van der Waals surface area contributed by atoms with E-state index in [0.29, 0.717) is 0 Å². The maximum Gasteiger partial charge on any atom is 0.320 e. The van der Waals surface area contributed by atoms with E-state index in [1.54, 1.807) is 0 Å². The number of carbonyl (C=O) groups is 1. The zero-order valence-corrected chi connectivity index (χ0v) is 8.78. The third-order valence-corrected chi connectivity index (χ3v) is 3.77. The summed E-state index contributed by atoms with van der Waals surface area (Å²) in [7, 11) is 1.94. The Hall–Kier alpha value is -0.570. The summed E-state index contributed by atoms with van der Waals surface area (Å²) in [4.78, 5) is 13.0. The van der Waals surface area contributed by atoms with Crippen LogP contribution in [0.5, 0.6) is 0 Å². The highest BCUT2D eigenvalue weighted by Crippen LogP contribution is 2.42. The van der Waals surface area contributed by atoms with Crippen LogP contribution in [0.4, 0.5) is 0 Å². The number of nitrogens with zero attached hydrogens (tertiary/aromatic N) is 1. The smallest absolute Gasteiger partial charge is 0.320 e. The second kappa shape index (κ2) is 3.89. The quantitative estimate of drug-likeness (QED) is 0.730. The molecule has 1 saturated heterocycles. The Kier molecular flexibility index (Phi) is 2.77. The van der Waals surface area contributed by atoms with Crippen molar-refractivity contribution >= 4 is 5.97 Å². The Morgan fingerprint density at radius 1 is 1.14 bits per heavy atom. The van der Waals surface area contributed by atoms with Gasteiger partial charge in [-0.3, -0.25) is 9.69 Å². The SMILES string of the molecule is CN1CCC(C2CC2)CCC1C(=O)O. The van der Waals surface area contributed by atoms with Gasteiger partial charge in [-0.2, -0.15) is 0 Å². The fourth-order valence-corrected chi connectivity index (χ4v) is 2.61. The molecule has 1 aliphatic heterocycles. The molecule has 0 radical (unpaired) electrons.